The van der Waals surface area contributed by atoms with Crippen molar-refractivity contribution in [3.63, 3.8) is 0 Å². The third kappa shape index (κ3) is 12.7. The maximum absolute atomic E-state index is 11.5. The van der Waals surface area contributed by atoms with Crippen LogP contribution in [0.1, 0.15) is 52.9 Å². The molecule has 0 fully saturated rings. The summed E-state index contributed by atoms with van der Waals surface area (Å²) in [5.74, 6) is -0.457. The Bertz CT molecular complexity index is 293. The molecule has 0 saturated carbocycles. The summed E-state index contributed by atoms with van der Waals surface area (Å²) < 4.78 is 10.3. The molecule has 3 atom stereocenters. The van der Waals surface area contributed by atoms with Crippen LogP contribution in [0.2, 0.25) is 0 Å². The summed E-state index contributed by atoms with van der Waals surface area (Å²) >= 11 is 8.40. The van der Waals surface area contributed by atoms with E-state index < -0.39 is 0 Å². The van der Waals surface area contributed by atoms with Crippen molar-refractivity contribution in [2.45, 2.75) is 69.5 Å². The first kappa shape index (κ1) is 19.6. The van der Waals surface area contributed by atoms with Crippen LogP contribution in [-0.4, -0.2) is 35.1 Å². The van der Waals surface area contributed by atoms with E-state index >= 15 is 0 Å². The van der Waals surface area contributed by atoms with E-state index in [0.29, 0.717) is 32.1 Å². The summed E-state index contributed by atoms with van der Waals surface area (Å²) in [6.07, 6.45) is 2.42. The molecular weight excluding hydrogens is 296 g/mol. The second kappa shape index (κ2) is 11.3. The van der Waals surface area contributed by atoms with E-state index in [2.05, 4.69) is 25.3 Å². The van der Waals surface area contributed by atoms with E-state index in [-0.39, 0.29) is 35.1 Å². The molecule has 6 heteroatoms. The molecule has 0 saturated heterocycles. The Hall–Kier alpha value is -0.360. The smallest absolute Gasteiger partial charge is 0.306 e. The Morgan fingerprint density at radius 1 is 0.900 bits per heavy atom. The van der Waals surface area contributed by atoms with Gasteiger partial charge in [-0.1, -0.05) is 13.8 Å². The van der Waals surface area contributed by atoms with Crippen LogP contribution in [0.25, 0.3) is 0 Å². The molecule has 0 aliphatic rings. The van der Waals surface area contributed by atoms with Crippen molar-refractivity contribution in [1.29, 1.82) is 0 Å². The number of hydrogen-bond donors (Lipinski definition) is 2. The van der Waals surface area contributed by atoms with Crippen molar-refractivity contribution in [3.8, 4) is 0 Å². The molecule has 20 heavy (non-hydrogen) atoms. The van der Waals surface area contributed by atoms with Crippen molar-refractivity contribution in [1.82, 2.24) is 0 Å². The summed E-state index contributed by atoms with van der Waals surface area (Å²) in [4.78, 5) is 22.8. The molecule has 0 aliphatic carbocycles. The van der Waals surface area contributed by atoms with Gasteiger partial charge in [0.1, 0.15) is 6.10 Å². The maximum Gasteiger partial charge on any atom is 0.306 e. The molecule has 0 spiro atoms. The van der Waals surface area contributed by atoms with Gasteiger partial charge in [0.15, 0.2) is 0 Å². The summed E-state index contributed by atoms with van der Waals surface area (Å²) in [5, 5.41) is 0.379. The molecule has 0 aromatic rings. The molecule has 0 radical (unpaired) electrons. The Balaban J connectivity index is 3.64. The Kier molecular flexibility index (Phi) is 11.1. The first-order valence-corrected chi connectivity index (χ1v) is 8.05. The van der Waals surface area contributed by atoms with Crippen LogP contribution in [0.5, 0.6) is 0 Å². The number of hydrogen-bond acceptors (Lipinski definition) is 6. The number of thiol groups is 2. The average Bonchev–Trinajstić information content (AvgIpc) is 2.33. The van der Waals surface area contributed by atoms with Gasteiger partial charge in [-0.2, -0.15) is 25.3 Å². The Morgan fingerprint density at radius 2 is 1.40 bits per heavy atom. The summed E-state index contributed by atoms with van der Waals surface area (Å²) in [5.41, 5.74) is 0. The summed E-state index contributed by atoms with van der Waals surface area (Å²) in [7, 11) is 0. The van der Waals surface area contributed by atoms with Crippen molar-refractivity contribution in [3.05, 3.63) is 0 Å². The minimum Gasteiger partial charge on any atom is -0.466 e. The molecular formula is C14H26O4S2. The molecule has 0 aromatic heterocycles. The van der Waals surface area contributed by atoms with Gasteiger partial charge in [-0.05, 0) is 30.3 Å². The zero-order valence-corrected chi connectivity index (χ0v) is 14.3. The highest BCUT2D eigenvalue weighted by atomic mass is 32.1. The molecule has 0 aromatic carbocycles. The predicted octanol–water partition coefficient (Wildman–Crippen LogP) is 3.05. The second-order valence-electron chi connectivity index (χ2n) is 5.09. The molecule has 118 valence electrons. The quantitative estimate of drug-likeness (QED) is 0.479. The lowest BCUT2D eigenvalue weighted by molar-refractivity contribution is -0.150. The van der Waals surface area contributed by atoms with Gasteiger partial charge in [-0.3, -0.25) is 9.59 Å². The molecule has 0 bridgehead atoms. The average molecular weight is 322 g/mol. The van der Waals surface area contributed by atoms with Crippen LogP contribution < -0.4 is 0 Å². The highest BCUT2D eigenvalue weighted by molar-refractivity contribution is 7.81. The van der Waals surface area contributed by atoms with E-state index in [1.807, 2.05) is 13.8 Å². The highest BCUT2D eigenvalue weighted by Gasteiger charge is 2.11. The molecule has 3 unspecified atom stereocenters. The first-order valence-electron chi connectivity index (χ1n) is 7.02. The van der Waals surface area contributed by atoms with Crippen LogP contribution in [0.3, 0.4) is 0 Å². The van der Waals surface area contributed by atoms with Gasteiger partial charge < -0.3 is 9.47 Å². The number of esters is 2. The van der Waals surface area contributed by atoms with Gasteiger partial charge in [0.25, 0.3) is 0 Å². The highest BCUT2D eigenvalue weighted by Crippen LogP contribution is 2.08. The van der Waals surface area contributed by atoms with Crippen LogP contribution in [0.4, 0.5) is 0 Å². The lowest BCUT2D eigenvalue weighted by Crippen LogP contribution is -2.18. The second-order valence-corrected chi connectivity index (χ2v) is 6.85. The third-order valence-electron chi connectivity index (χ3n) is 2.65. The van der Waals surface area contributed by atoms with Gasteiger partial charge in [-0.25, -0.2) is 0 Å². The van der Waals surface area contributed by atoms with Gasteiger partial charge >= 0.3 is 11.9 Å². The number of ether oxygens (including phenoxy) is 2. The minimum atomic E-state index is -0.241. The molecule has 0 aliphatic heterocycles. The topological polar surface area (TPSA) is 52.6 Å². The standard InChI is InChI=1S/C14H26O4S2/c1-10(18-14(16)7-5-12(3)20)8-9-17-13(15)6-4-11(2)19/h10-12,19-20H,4-9H2,1-3H3. The minimum absolute atomic E-state index is 0.188. The van der Waals surface area contributed by atoms with Gasteiger partial charge in [-0.15, -0.1) is 0 Å². The van der Waals surface area contributed by atoms with Gasteiger partial charge in [0, 0.05) is 19.3 Å². The normalized spacial score (nSPS) is 15.2. The third-order valence-corrected chi connectivity index (χ3v) is 3.17. The molecule has 0 rings (SSSR count). The molecule has 4 nitrogen and oxygen atoms in total. The van der Waals surface area contributed by atoms with E-state index in [9.17, 15) is 9.59 Å². The lowest BCUT2D eigenvalue weighted by atomic mass is 10.2. The van der Waals surface area contributed by atoms with E-state index in [1.54, 1.807) is 6.92 Å². The van der Waals surface area contributed by atoms with Crippen LogP contribution in [0, 0.1) is 0 Å². The monoisotopic (exact) mass is 322 g/mol. The summed E-state index contributed by atoms with van der Waals surface area (Å²) in [6, 6.07) is 0. The molecule has 0 N–H and O–H groups in total. The fourth-order valence-electron chi connectivity index (χ4n) is 1.41. The van der Waals surface area contributed by atoms with E-state index in [4.69, 9.17) is 9.47 Å². The first-order chi connectivity index (χ1) is 9.31. The van der Waals surface area contributed by atoms with Crippen molar-refractivity contribution in [2.75, 3.05) is 6.61 Å². The van der Waals surface area contributed by atoms with E-state index in [1.165, 1.54) is 0 Å². The Morgan fingerprint density at radius 3 is 1.90 bits per heavy atom. The van der Waals surface area contributed by atoms with Crippen LogP contribution in [0.15, 0.2) is 0 Å². The van der Waals surface area contributed by atoms with Crippen molar-refractivity contribution in [2.24, 2.45) is 0 Å². The summed E-state index contributed by atoms with van der Waals surface area (Å²) in [6.45, 7) is 5.94. The van der Waals surface area contributed by atoms with E-state index in [0.717, 1.165) is 0 Å². The van der Waals surface area contributed by atoms with Gasteiger partial charge in [0.2, 0.25) is 0 Å². The largest absolute Gasteiger partial charge is 0.466 e. The number of carbonyl (C=O) groups excluding carboxylic acids is 2. The zero-order valence-electron chi connectivity index (χ0n) is 12.5. The van der Waals surface area contributed by atoms with Crippen LogP contribution in [-0.2, 0) is 19.1 Å². The zero-order chi connectivity index (χ0) is 15.5. The van der Waals surface area contributed by atoms with Crippen LogP contribution >= 0.6 is 25.3 Å². The SMILES string of the molecule is CC(S)CCC(=O)OCCC(C)OC(=O)CCC(C)S. The number of rotatable bonds is 10. The Labute approximate surface area is 132 Å². The predicted molar refractivity (Wildman–Crippen MR) is 86.5 cm³/mol. The molecule has 0 heterocycles. The number of carbonyl (C=O) groups is 2. The van der Waals surface area contributed by atoms with Crippen molar-refractivity contribution < 1.29 is 19.1 Å². The fraction of sp³-hybridized carbons (Fsp3) is 0.857. The maximum atomic E-state index is 11.5. The fourth-order valence-corrected chi connectivity index (χ4v) is 1.66. The van der Waals surface area contributed by atoms with Gasteiger partial charge in [0.05, 0.1) is 6.61 Å². The molecule has 0 amide bonds. The van der Waals surface area contributed by atoms with Crippen molar-refractivity contribution >= 4 is 37.2 Å². The lowest BCUT2D eigenvalue weighted by Gasteiger charge is -2.14.